The number of rotatable bonds is 4. The quantitative estimate of drug-likeness (QED) is 0.144. The van der Waals surface area contributed by atoms with Crippen LogP contribution in [0.5, 0.6) is 0 Å². The van der Waals surface area contributed by atoms with Crippen LogP contribution in [0.15, 0.2) is 168 Å². The minimum atomic E-state index is 0.599. The summed E-state index contributed by atoms with van der Waals surface area (Å²) in [6, 6.07) is 56.8. The van der Waals surface area contributed by atoms with E-state index in [2.05, 4.69) is 127 Å². The molecule has 0 aliphatic rings. The molecule has 0 fully saturated rings. The van der Waals surface area contributed by atoms with Crippen LogP contribution in [0.1, 0.15) is 0 Å². The molecule has 4 heteroatoms. The second-order valence-electron chi connectivity index (χ2n) is 12.3. The Morgan fingerprint density at radius 1 is 0.347 bits per heavy atom. The van der Waals surface area contributed by atoms with Crippen molar-refractivity contribution >= 4 is 54.3 Å². The van der Waals surface area contributed by atoms with Crippen molar-refractivity contribution in [3.63, 3.8) is 0 Å². The van der Waals surface area contributed by atoms with Crippen molar-refractivity contribution in [1.82, 2.24) is 15.0 Å². The fourth-order valence-corrected chi connectivity index (χ4v) is 7.30. The molecule has 228 valence electrons. The standard InChI is InChI=1S/C45H27N3O/c1-2-13-28(14-3-1)31-17-8-9-20-35(31)43-46-44(37-22-12-24-40-41(37)36-21-10-11-23-39(36)49-40)48-45(47-43)42-33-19-7-5-16-30(33)27-38-32-18-6-4-15-29(32)25-26-34(38)42/h1-27H. The maximum atomic E-state index is 6.31. The summed E-state index contributed by atoms with van der Waals surface area (Å²) in [6.07, 6.45) is 0. The molecule has 0 unspecified atom stereocenters. The van der Waals surface area contributed by atoms with Crippen LogP contribution in [0.4, 0.5) is 0 Å². The van der Waals surface area contributed by atoms with Gasteiger partial charge in [-0.3, -0.25) is 0 Å². The third kappa shape index (κ3) is 4.42. The molecule has 10 rings (SSSR count). The molecule has 0 amide bonds. The third-order valence-electron chi connectivity index (χ3n) is 9.53. The van der Waals surface area contributed by atoms with Crippen LogP contribution in [0.25, 0.3) is 99.5 Å². The predicted molar refractivity (Wildman–Crippen MR) is 201 cm³/mol. The monoisotopic (exact) mass is 625 g/mol. The fraction of sp³-hybridized carbons (Fsp3) is 0. The smallest absolute Gasteiger partial charge is 0.165 e. The zero-order valence-electron chi connectivity index (χ0n) is 26.3. The van der Waals surface area contributed by atoms with E-state index >= 15 is 0 Å². The average Bonchev–Trinajstić information content (AvgIpc) is 3.56. The number of furan rings is 1. The number of para-hydroxylation sites is 1. The Balaban J connectivity index is 1.34. The molecule has 0 radical (unpaired) electrons. The van der Waals surface area contributed by atoms with Crippen molar-refractivity contribution in [3.8, 4) is 45.3 Å². The molecular weight excluding hydrogens is 599 g/mol. The Hall–Kier alpha value is -6.65. The highest BCUT2D eigenvalue weighted by Crippen LogP contribution is 2.41. The number of benzene rings is 8. The number of hydrogen-bond acceptors (Lipinski definition) is 4. The summed E-state index contributed by atoms with van der Waals surface area (Å²) in [5.74, 6) is 1.85. The molecule has 10 aromatic rings. The van der Waals surface area contributed by atoms with Crippen molar-refractivity contribution in [3.05, 3.63) is 164 Å². The average molecular weight is 626 g/mol. The number of fused-ring (bicyclic) bond motifs is 7. The molecule has 0 atom stereocenters. The highest BCUT2D eigenvalue weighted by Gasteiger charge is 2.21. The van der Waals surface area contributed by atoms with Crippen molar-refractivity contribution in [2.24, 2.45) is 0 Å². The summed E-state index contributed by atoms with van der Waals surface area (Å²) in [5, 5.41) is 8.92. The lowest BCUT2D eigenvalue weighted by Crippen LogP contribution is -2.02. The van der Waals surface area contributed by atoms with Gasteiger partial charge in [-0.05, 0) is 61.6 Å². The van der Waals surface area contributed by atoms with Gasteiger partial charge in [0.15, 0.2) is 17.5 Å². The van der Waals surface area contributed by atoms with Gasteiger partial charge in [0.1, 0.15) is 11.2 Å². The summed E-state index contributed by atoms with van der Waals surface area (Å²) in [7, 11) is 0. The van der Waals surface area contributed by atoms with E-state index in [0.29, 0.717) is 17.5 Å². The lowest BCUT2D eigenvalue weighted by Gasteiger charge is -2.15. The second-order valence-corrected chi connectivity index (χ2v) is 12.3. The summed E-state index contributed by atoms with van der Waals surface area (Å²) in [6.45, 7) is 0. The van der Waals surface area contributed by atoms with E-state index in [-0.39, 0.29) is 0 Å². The Morgan fingerprint density at radius 3 is 1.82 bits per heavy atom. The first-order valence-corrected chi connectivity index (χ1v) is 16.5. The number of aromatic nitrogens is 3. The summed E-state index contributed by atoms with van der Waals surface area (Å²) in [5.41, 5.74) is 6.64. The molecule has 0 N–H and O–H groups in total. The Kier molecular flexibility index (Phi) is 6.15. The van der Waals surface area contributed by atoms with E-state index < -0.39 is 0 Å². The van der Waals surface area contributed by atoms with E-state index in [1.54, 1.807) is 0 Å². The molecule has 0 saturated heterocycles. The third-order valence-corrected chi connectivity index (χ3v) is 9.53. The summed E-state index contributed by atoms with van der Waals surface area (Å²) in [4.78, 5) is 16.0. The molecule has 0 aliphatic heterocycles. The van der Waals surface area contributed by atoms with Crippen LogP contribution in [0.3, 0.4) is 0 Å². The summed E-state index contributed by atoms with van der Waals surface area (Å²) < 4.78 is 6.31. The summed E-state index contributed by atoms with van der Waals surface area (Å²) >= 11 is 0. The fourth-order valence-electron chi connectivity index (χ4n) is 7.30. The molecule has 2 aromatic heterocycles. The van der Waals surface area contributed by atoms with Gasteiger partial charge in [-0.15, -0.1) is 0 Å². The first-order chi connectivity index (χ1) is 24.3. The molecular formula is C45H27N3O. The van der Waals surface area contributed by atoms with Crippen LogP contribution >= 0.6 is 0 Å². The maximum absolute atomic E-state index is 6.31. The van der Waals surface area contributed by atoms with Gasteiger partial charge in [-0.25, -0.2) is 15.0 Å². The molecule has 4 nitrogen and oxygen atoms in total. The Morgan fingerprint density at radius 2 is 0.959 bits per heavy atom. The normalized spacial score (nSPS) is 11.7. The van der Waals surface area contributed by atoms with Gasteiger partial charge < -0.3 is 4.42 Å². The van der Waals surface area contributed by atoms with Crippen LogP contribution < -0.4 is 0 Å². The first-order valence-electron chi connectivity index (χ1n) is 16.5. The van der Waals surface area contributed by atoms with E-state index in [1.807, 2.05) is 36.4 Å². The zero-order valence-corrected chi connectivity index (χ0v) is 26.3. The van der Waals surface area contributed by atoms with Crippen molar-refractivity contribution in [2.45, 2.75) is 0 Å². The molecule has 49 heavy (non-hydrogen) atoms. The van der Waals surface area contributed by atoms with Crippen molar-refractivity contribution < 1.29 is 4.42 Å². The minimum absolute atomic E-state index is 0.599. The highest BCUT2D eigenvalue weighted by molar-refractivity contribution is 6.19. The van der Waals surface area contributed by atoms with Gasteiger partial charge in [-0.1, -0.05) is 146 Å². The van der Waals surface area contributed by atoms with Crippen molar-refractivity contribution in [2.75, 3.05) is 0 Å². The first kappa shape index (κ1) is 27.5. The Bertz CT molecular complexity index is 2890. The minimum Gasteiger partial charge on any atom is -0.456 e. The van der Waals surface area contributed by atoms with Gasteiger partial charge in [-0.2, -0.15) is 0 Å². The molecule has 0 bridgehead atoms. The molecule has 2 heterocycles. The zero-order chi connectivity index (χ0) is 32.3. The van der Waals surface area contributed by atoms with E-state index in [1.165, 1.54) is 16.2 Å². The van der Waals surface area contributed by atoms with Crippen LogP contribution in [0.2, 0.25) is 0 Å². The topological polar surface area (TPSA) is 51.8 Å². The Labute approximate surface area is 282 Å². The van der Waals surface area contributed by atoms with E-state index in [9.17, 15) is 0 Å². The van der Waals surface area contributed by atoms with Crippen LogP contribution in [-0.2, 0) is 0 Å². The molecule has 0 spiro atoms. The molecule has 8 aromatic carbocycles. The second kappa shape index (κ2) is 11.0. The van der Waals surface area contributed by atoms with Gasteiger partial charge in [0, 0.05) is 27.5 Å². The van der Waals surface area contributed by atoms with Crippen LogP contribution in [0, 0.1) is 0 Å². The maximum Gasteiger partial charge on any atom is 0.165 e. The number of hydrogen-bond donors (Lipinski definition) is 0. The molecule has 0 saturated carbocycles. The lowest BCUT2D eigenvalue weighted by atomic mass is 9.93. The SMILES string of the molecule is c1ccc(-c2ccccc2-c2nc(-c3c4ccccc4cc4c3ccc3ccccc34)nc(-c3cccc4oc5ccccc5c34)n2)cc1. The van der Waals surface area contributed by atoms with Gasteiger partial charge in [0.25, 0.3) is 0 Å². The molecule has 0 aliphatic carbocycles. The van der Waals surface area contributed by atoms with Gasteiger partial charge in [0.2, 0.25) is 0 Å². The number of nitrogens with zero attached hydrogens (tertiary/aromatic N) is 3. The van der Waals surface area contributed by atoms with E-state index in [4.69, 9.17) is 19.4 Å². The van der Waals surface area contributed by atoms with Crippen molar-refractivity contribution in [1.29, 1.82) is 0 Å². The predicted octanol–water partition coefficient (Wildman–Crippen LogP) is 11.9. The van der Waals surface area contributed by atoms with E-state index in [0.717, 1.165) is 65.9 Å². The lowest BCUT2D eigenvalue weighted by molar-refractivity contribution is 0.669. The van der Waals surface area contributed by atoms with Gasteiger partial charge >= 0.3 is 0 Å². The highest BCUT2D eigenvalue weighted by atomic mass is 16.3. The largest absolute Gasteiger partial charge is 0.456 e. The van der Waals surface area contributed by atoms with Crippen LogP contribution in [-0.4, -0.2) is 15.0 Å². The van der Waals surface area contributed by atoms with Gasteiger partial charge in [0.05, 0.1) is 0 Å².